The average Bonchev–Trinajstić information content (AvgIpc) is 2.45. The zero-order chi connectivity index (χ0) is 15.6. The first-order chi connectivity index (χ1) is 9.80. The van der Waals surface area contributed by atoms with Gasteiger partial charge in [0.2, 0.25) is 0 Å². The smallest absolute Gasteiger partial charge is 0.323 e. The first-order valence-electron chi connectivity index (χ1n) is 6.34. The maximum Gasteiger partial charge on any atom is 0.416 e. The number of benzene rings is 1. The number of halogens is 4. The van der Waals surface area contributed by atoms with Crippen LogP contribution in [0.1, 0.15) is 35.7 Å². The van der Waals surface area contributed by atoms with E-state index in [0.717, 1.165) is 6.07 Å². The van der Waals surface area contributed by atoms with Gasteiger partial charge < -0.3 is 5.73 Å². The fraction of sp³-hybridized carbons (Fsp3) is 0.267. The summed E-state index contributed by atoms with van der Waals surface area (Å²) in [5.74, 6) is -0.325. The molecule has 1 aromatic heterocycles. The molecule has 6 heteroatoms. The molecule has 2 aromatic rings. The molecule has 2 nitrogen and oxygen atoms in total. The van der Waals surface area contributed by atoms with Gasteiger partial charge in [-0.05, 0) is 29.8 Å². The van der Waals surface area contributed by atoms with Crippen LogP contribution in [0.15, 0.2) is 47.1 Å². The molecule has 0 saturated heterocycles. The Labute approximate surface area is 129 Å². The number of pyridine rings is 1. The van der Waals surface area contributed by atoms with Crippen molar-refractivity contribution in [3.8, 4) is 0 Å². The predicted octanol–water partition coefficient (Wildman–Crippen LogP) is 4.67. The third-order valence-corrected chi connectivity index (χ3v) is 3.87. The van der Waals surface area contributed by atoms with Gasteiger partial charge in [0.15, 0.2) is 0 Å². The number of rotatable bonds is 3. The highest BCUT2D eigenvalue weighted by molar-refractivity contribution is 9.10. The van der Waals surface area contributed by atoms with E-state index >= 15 is 0 Å². The Bertz CT molecular complexity index is 614. The molecule has 0 amide bonds. The molecule has 1 heterocycles. The summed E-state index contributed by atoms with van der Waals surface area (Å²) >= 11 is 3.07. The summed E-state index contributed by atoms with van der Waals surface area (Å²) in [6.45, 7) is 1.77. The molecule has 2 N–H and O–H groups in total. The second kappa shape index (κ2) is 6.15. The van der Waals surface area contributed by atoms with Crippen LogP contribution in [-0.4, -0.2) is 4.98 Å². The van der Waals surface area contributed by atoms with E-state index in [-0.39, 0.29) is 11.5 Å². The molecule has 0 aliphatic heterocycles. The molecule has 0 aliphatic carbocycles. The van der Waals surface area contributed by atoms with Gasteiger partial charge in [0.1, 0.15) is 0 Å². The SMILES string of the molecule is CC(c1ccccn1)C(N)c1ccc(Br)cc1C(F)(F)F. The van der Waals surface area contributed by atoms with Gasteiger partial charge in [-0.3, -0.25) is 4.98 Å². The lowest BCUT2D eigenvalue weighted by Crippen LogP contribution is -2.22. The molecule has 21 heavy (non-hydrogen) atoms. The molecule has 0 bridgehead atoms. The summed E-state index contributed by atoms with van der Waals surface area (Å²) in [6, 6.07) is 8.55. The van der Waals surface area contributed by atoms with Crippen LogP contribution in [0.2, 0.25) is 0 Å². The lowest BCUT2D eigenvalue weighted by Gasteiger charge is -2.23. The molecule has 0 saturated carbocycles. The molecule has 2 rings (SSSR count). The van der Waals surface area contributed by atoms with Crippen molar-refractivity contribution in [3.63, 3.8) is 0 Å². The predicted molar refractivity (Wildman–Crippen MR) is 78.7 cm³/mol. The highest BCUT2D eigenvalue weighted by Crippen LogP contribution is 2.39. The summed E-state index contributed by atoms with van der Waals surface area (Å²) in [5.41, 5.74) is 6.09. The molecule has 0 aliphatic rings. The second-order valence-corrected chi connectivity index (χ2v) is 5.71. The van der Waals surface area contributed by atoms with Crippen LogP contribution >= 0.6 is 15.9 Å². The molecule has 1 aromatic carbocycles. The average molecular weight is 359 g/mol. The standard InChI is InChI=1S/C15H14BrF3N2/c1-9(13-4-2-3-7-21-13)14(20)11-6-5-10(16)8-12(11)15(17,18)19/h2-9,14H,20H2,1H3. The van der Waals surface area contributed by atoms with Crippen LogP contribution in [0.4, 0.5) is 13.2 Å². The van der Waals surface area contributed by atoms with Crippen molar-refractivity contribution in [2.45, 2.75) is 25.1 Å². The summed E-state index contributed by atoms with van der Waals surface area (Å²) in [4.78, 5) is 4.16. The zero-order valence-electron chi connectivity index (χ0n) is 11.2. The van der Waals surface area contributed by atoms with E-state index in [0.29, 0.717) is 10.2 Å². The first kappa shape index (κ1) is 16.0. The van der Waals surface area contributed by atoms with Crippen LogP contribution < -0.4 is 5.73 Å². The van der Waals surface area contributed by atoms with E-state index in [4.69, 9.17) is 5.73 Å². The molecular formula is C15H14BrF3N2. The third kappa shape index (κ3) is 3.63. The van der Waals surface area contributed by atoms with Gasteiger partial charge in [-0.15, -0.1) is 0 Å². The van der Waals surface area contributed by atoms with E-state index in [2.05, 4.69) is 20.9 Å². The highest BCUT2D eigenvalue weighted by atomic mass is 79.9. The minimum Gasteiger partial charge on any atom is -0.323 e. The van der Waals surface area contributed by atoms with E-state index in [1.807, 2.05) is 0 Å². The van der Waals surface area contributed by atoms with E-state index < -0.39 is 17.8 Å². The normalized spacial score (nSPS) is 14.8. The van der Waals surface area contributed by atoms with Crippen molar-refractivity contribution >= 4 is 15.9 Å². The number of nitrogens with zero attached hydrogens (tertiary/aromatic N) is 1. The number of alkyl halides is 3. The molecular weight excluding hydrogens is 345 g/mol. The van der Waals surface area contributed by atoms with Gasteiger partial charge in [0.05, 0.1) is 5.56 Å². The van der Waals surface area contributed by atoms with Crippen molar-refractivity contribution < 1.29 is 13.2 Å². The maximum atomic E-state index is 13.2. The monoisotopic (exact) mass is 358 g/mol. The Morgan fingerprint density at radius 1 is 1.19 bits per heavy atom. The Hall–Kier alpha value is -1.40. The van der Waals surface area contributed by atoms with Crippen molar-refractivity contribution in [2.24, 2.45) is 5.73 Å². The number of nitrogens with two attached hydrogens (primary N) is 1. The highest BCUT2D eigenvalue weighted by Gasteiger charge is 2.36. The zero-order valence-corrected chi connectivity index (χ0v) is 12.8. The Morgan fingerprint density at radius 2 is 1.90 bits per heavy atom. The van der Waals surface area contributed by atoms with E-state index in [1.165, 1.54) is 6.07 Å². The van der Waals surface area contributed by atoms with Crippen LogP contribution in [-0.2, 0) is 6.18 Å². The molecule has 2 unspecified atom stereocenters. The largest absolute Gasteiger partial charge is 0.416 e. The van der Waals surface area contributed by atoms with Gasteiger partial charge >= 0.3 is 6.18 Å². The Morgan fingerprint density at radius 3 is 2.48 bits per heavy atom. The quantitative estimate of drug-likeness (QED) is 0.865. The van der Waals surface area contributed by atoms with Crippen molar-refractivity contribution in [2.75, 3.05) is 0 Å². The number of aromatic nitrogens is 1. The minimum absolute atomic E-state index is 0.0730. The maximum absolute atomic E-state index is 13.2. The van der Waals surface area contributed by atoms with Gasteiger partial charge in [-0.2, -0.15) is 13.2 Å². The van der Waals surface area contributed by atoms with Gasteiger partial charge in [0, 0.05) is 28.3 Å². The lowest BCUT2D eigenvalue weighted by atomic mass is 9.89. The number of hydrogen-bond donors (Lipinski definition) is 1. The molecule has 0 radical (unpaired) electrons. The number of hydrogen-bond acceptors (Lipinski definition) is 2. The summed E-state index contributed by atoms with van der Waals surface area (Å²) in [5, 5.41) is 0. The van der Waals surface area contributed by atoms with Gasteiger partial charge in [-0.1, -0.05) is 35.0 Å². The van der Waals surface area contributed by atoms with Crippen molar-refractivity contribution in [1.82, 2.24) is 4.98 Å². The van der Waals surface area contributed by atoms with E-state index in [9.17, 15) is 13.2 Å². The molecule has 2 atom stereocenters. The van der Waals surface area contributed by atoms with Crippen LogP contribution in [0.25, 0.3) is 0 Å². The van der Waals surface area contributed by atoms with Crippen LogP contribution in [0.5, 0.6) is 0 Å². The second-order valence-electron chi connectivity index (χ2n) is 4.80. The lowest BCUT2D eigenvalue weighted by molar-refractivity contribution is -0.138. The third-order valence-electron chi connectivity index (χ3n) is 3.37. The summed E-state index contributed by atoms with van der Waals surface area (Å²) in [6.07, 6.45) is -2.84. The molecule has 0 spiro atoms. The Balaban J connectivity index is 2.42. The molecule has 0 fully saturated rings. The van der Waals surface area contributed by atoms with Crippen LogP contribution in [0, 0.1) is 0 Å². The van der Waals surface area contributed by atoms with Crippen LogP contribution in [0.3, 0.4) is 0 Å². The van der Waals surface area contributed by atoms with Gasteiger partial charge in [-0.25, -0.2) is 0 Å². The van der Waals surface area contributed by atoms with Crippen molar-refractivity contribution in [1.29, 1.82) is 0 Å². The molecule has 112 valence electrons. The summed E-state index contributed by atoms with van der Waals surface area (Å²) < 4.78 is 39.9. The summed E-state index contributed by atoms with van der Waals surface area (Å²) in [7, 11) is 0. The fourth-order valence-corrected chi connectivity index (χ4v) is 2.52. The van der Waals surface area contributed by atoms with E-state index in [1.54, 1.807) is 37.4 Å². The Kier molecular flexibility index (Phi) is 4.68. The van der Waals surface area contributed by atoms with Gasteiger partial charge in [0.25, 0.3) is 0 Å². The fourth-order valence-electron chi connectivity index (χ4n) is 2.16. The minimum atomic E-state index is -4.44. The first-order valence-corrected chi connectivity index (χ1v) is 7.13. The topological polar surface area (TPSA) is 38.9 Å². The van der Waals surface area contributed by atoms with Crippen molar-refractivity contribution in [3.05, 3.63) is 63.9 Å².